The summed E-state index contributed by atoms with van der Waals surface area (Å²) >= 11 is 0. The molecule has 2 aromatic heterocycles. The molecule has 2 fully saturated rings. The Morgan fingerprint density at radius 3 is 2.50 bits per heavy atom. The molecule has 1 saturated heterocycles. The van der Waals surface area contributed by atoms with Crippen LogP contribution in [0.4, 0.5) is 0 Å². The Bertz CT molecular complexity index is 1240. The van der Waals surface area contributed by atoms with Gasteiger partial charge in [-0.3, -0.25) is 9.69 Å². The average Bonchev–Trinajstić information content (AvgIpc) is 3.25. The number of piperidine rings is 1. The van der Waals surface area contributed by atoms with Crippen LogP contribution in [0.2, 0.25) is 0 Å². The molecule has 1 saturated carbocycles. The molecular formula is C27H38N6O. The summed E-state index contributed by atoms with van der Waals surface area (Å²) in [5.41, 5.74) is 3.97. The second-order valence-corrected chi connectivity index (χ2v) is 11.8. The lowest BCUT2D eigenvalue weighted by atomic mass is 9.69. The summed E-state index contributed by atoms with van der Waals surface area (Å²) in [6.45, 7) is 12.5. The fourth-order valence-electron chi connectivity index (χ4n) is 6.41. The predicted molar refractivity (Wildman–Crippen MR) is 135 cm³/mol. The highest BCUT2D eigenvalue weighted by Gasteiger charge is 2.41. The van der Waals surface area contributed by atoms with Crippen molar-refractivity contribution in [3.8, 4) is 0 Å². The first-order valence-corrected chi connectivity index (χ1v) is 12.8. The van der Waals surface area contributed by atoms with E-state index in [9.17, 15) is 4.79 Å². The van der Waals surface area contributed by atoms with Gasteiger partial charge < -0.3 is 4.98 Å². The zero-order chi connectivity index (χ0) is 24.1. The lowest BCUT2D eigenvalue weighted by Gasteiger charge is -2.47. The van der Waals surface area contributed by atoms with E-state index in [2.05, 4.69) is 78.2 Å². The zero-order valence-corrected chi connectivity index (χ0v) is 21.3. The van der Waals surface area contributed by atoms with Gasteiger partial charge in [0.2, 0.25) is 0 Å². The lowest BCUT2D eigenvalue weighted by molar-refractivity contribution is 0.0329. The monoisotopic (exact) mass is 462 g/mol. The van der Waals surface area contributed by atoms with Crippen LogP contribution in [0.3, 0.4) is 0 Å². The summed E-state index contributed by atoms with van der Waals surface area (Å²) in [6, 6.07) is 6.05. The largest absolute Gasteiger partial charge is 0.322 e. The number of H-pyrrole nitrogens is 1. The second-order valence-electron chi connectivity index (χ2n) is 11.8. The SMILES string of the molecule is Cc1cc(C)c2cc([C@H](c3nnnn3C(C)(C)C)N3CCCC4(CCCCC4)C3)c(=O)[nH]c2c1. The van der Waals surface area contributed by atoms with Gasteiger partial charge >= 0.3 is 0 Å². The molecule has 0 bridgehead atoms. The number of nitrogens with zero attached hydrogens (tertiary/aromatic N) is 5. The van der Waals surface area contributed by atoms with Crippen LogP contribution in [0.1, 0.15) is 94.3 Å². The average molecular weight is 463 g/mol. The Balaban J connectivity index is 1.67. The third-order valence-corrected chi connectivity index (χ3v) is 7.98. The molecule has 34 heavy (non-hydrogen) atoms. The van der Waals surface area contributed by atoms with Crippen LogP contribution in [0.5, 0.6) is 0 Å². The van der Waals surface area contributed by atoms with Gasteiger partial charge in [-0.1, -0.05) is 25.3 Å². The van der Waals surface area contributed by atoms with Crippen molar-refractivity contribution < 1.29 is 0 Å². The van der Waals surface area contributed by atoms with E-state index >= 15 is 0 Å². The maximum atomic E-state index is 13.6. The number of aromatic nitrogens is 5. The summed E-state index contributed by atoms with van der Waals surface area (Å²) in [4.78, 5) is 19.3. The molecule has 7 nitrogen and oxygen atoms in total. The number of rotatable bonds is 3. The van der Waals surface area contributed by atoms with Crippen molar-refractivity contribution in [2.24, 2.45) is 5.41 Å². The van der Waals surface area contributed by atoms with Crippen molar-refractivity contribution in [2.75, 3.05) is 13.1 Å². The number of tetrazole rings is 1. The Morgan fingerprint density at radius 2 is 1.76 bits per heavy atom. The molecule has 1 N–H and O–H groups in total. The minimum atomic E-state index is -0.286. The number of hydrogen-bond acceptors (Lipinski definition) is 5. The minimum absolute atomic E-state index is 0.0470. The van der Waals surface area contributed by atoms with Crippen molar-refractivity contribution >= 4 is 10.9 Å². The smallest absolute Gasteiger partial charge is 0.253 e. The van der Waals surface area contributed by atoms with E-state index < -0.39 is 0 Å². The van der Waals surface area contributed by atoms with Crippen LogP contribution < -0.4 is 5.56 Å². The lowest BCUT2D eigenvalue weighted by Crippen LogP contribution is -2.48. The molecule has 0 unspecified atom stereocenters. The second kappa shape index (κ2) is 8.59. The summed E-state index contributed by atoms with van der Waals surface area (Å²) < 4.78 is 1.91. The van der Waals surface area contributed by atoms with Crippen LogP contribution in [-0.2, 0) is 5.54 Å². The summed E-state index contributed by atoms with van der Waals surface area (Å²) in [5, 5.41) is 14.1. The molecule has 1 aliphatic carbocycles. The van der Waals surface area contributed by atoms with Gasteiger partial charge in [0, 0.05) is 23.0 Å². The van der Waals surface area contributed by atoms with Gasteiger partial charge in [0.05, 0.1) is 5.54 Å². The molecule has 0 amide bonds. The number of pyridine rings is 1. The van der Waals surface area contributed by atoms with Gasteiger partial charge in [0.25, 0.3) is 5.56 Å². The number of likely N-dealkylation sites (tertiary alicyclic amines) is 1. The van der Waals surface area contributed by atoms with E-state index in [-0.39, 0.29) is 17.1 Å². The molecule has 1 spiro atoms. The van der Waals surface area contributed by atoms with E-state index in [1.807, 2.05) is 4.68 Å². The first kappa shape index (κ1) is 23.2. The summed E-state index contributed by atoms with van der Waals surface area (Å²) in [5.74, 6) is 0.759. The molecule has 7 heteroatoms. The molecule has 3 aromatic rings. The molecule has 182 valence electrons. The van der Waals surface area contributed by atoms with Crippen molar-refractivity contribution in [3.63, 3.8) is 0 Å². The molecule has 5 rings (SSSR count). The predicted octanol–water partition coefficient (Wildman–Crippen LogP) is 5.02. The van der Waals surface area contributed by atoms with Gasteiger partial charge in [-0.05, 0) is 106 Å². The van der Waals surface area contributed by atoms with Gasteiger partial charge in [0.1, 0.15) is 6.04 Å². The van der Waals surface area contributed by atoms with Gasteiger partial charge in [-0.25, -0.2) is 4.68 Å². The number of fused-ring (bicyclic) bond motifs is 1. The maximum Gasteiger partial charge on any atom is 0.253 e. The normalized spacial score (nSPS) is 20.1. The first-order valence-electron chi connectivity index (χ1n) is 12.8. The van der Waals surface area contributed by atoms with Gasteiger partial charge in [-0.2, -0.15) is 0 Å². The fraction of sp³-hybridized carbons (Fsp3) is 0.630. The highest BCUT2D eigenvalue weighted by molar-refractivity contribution is 5.83. The Kier molecular flexibility index (Phi) is 5.87. The maximum absolute atomic E-state index is 13.6. The van der Waals surface area contributed by atoms with Crippen molar-refractivity contribution in [1.82, 2.24) is 30.1 Å². The molecule has 3 heterocycles. The van der Waals surface area contributed by atoms with Crippen LogP contribution in [0.15, 0.2) is 23.0 Å². The summed E-state index contributed by atoms with van der Waals surface area (Å²) in [7, 11) is 0. The molecule has 2 aliphatic rings. The first-order chi connectivity index (χ1) is 16.2. The third-order valence-electron chi connectivity index (χ3n) is 7.98. The van der Waals surface area contributed by atoms with Crippen LogP contribution in [0.25, 0.3) is 10.9 Å². The molecule has 1 aliphatic heterocycles. The van der Waals surface area contributed by atoms with E-state index in [1.54, 1.807) is 0 Å². The Labute approximate surface area is 201 Å². The summed E-state index contributed by atoms with van der Waals surface area (Å²) in [6.07, 6.45) is 8.97. The standard InChI is InChI=1S/C27H38N6O/c1-18-14-19(2)20-16-21(25(34)28-22(20)15-18)23(24-29-30-31-33(24)26(3,4)5)32-13-9-12-27(17-32)10-7-6-8-11-27/h14-16,23H,6-13,17H2,1-5H3,(H,28,34)/t23-/m1/s1. The molecule has 0 radical (unpaired) electrons. The minimum Gasteiger partial charge on any atom is -0.322 e. The van der Waals surface area contributed by atoms with Gasteiger partial charge in [-0.15, -0.1) is 5.10 Å². The molecule has 1 aromatic carbocycles. The van der Waals surface area contributed by atoms with Crippen molar-refractivity contribution in [1.29, 1.82) is 0 Å². The Morgan fingerprint density at radius 1 is 1.03 bits per heavy atom. The number of aryl methyl sites for hydroxylation is 2. The highest BCUT2D eigenvalue weighted by Crippen LogP contribution is 2.45. The van der Waals surface area contributed by atoms with Gasteiger partial charge in [0.15, 0.2) is 5.82 Å². The van der Waals surface area contributed by atoms with Crippen LogP contribution in [0, 0.1) is 19.3 Å². The zero-order valence-electron chi connectivity index (χ0n) is 21.3. The van der Waals surface area contributed by atoms with Crippen LogP contribution in [-0.4, -0.2) is 43.2 Å². The third kappa shape index (κ3) is 4.19. The number of benzene rings is 1. The number of aromatic amines is 1. The topological polar surface area (TPSA) is 79.7 Å². The molecular weight excluding hydrogens is 424 g/mol. The van der Waals surface area contributed by atoms with Crippen molar-refractivity contribution in [2.45, 2.75) is 91.1 Å². The highest BCUT2D eigenvalue weighted by atomic mass is 16.1. The van der Waals surface area contributed by atoms with Crippen LogP contribution >= 0.6 is 0 Å². The van der Waals surface area contributed by atoms with Crippen molar-refractivity contribution in [3.05, 3.63) is 51.1 Å². The quantitative estimate of drug-likeness (QED) is 0.591. The Hall–Kier alpha value is -2.54. The van der Waals surface area contributed by atoms with E-state index in [4.69, 9.17) is 0 Å². The fourth-order valence-corrected chi connectivity index (χ4v) is 6.41. The van der Waals surface area contributed by atoms with E-state index in [0.717, 1.165) is 47.4 Å². The van der Waals surface area contributed by atoms with E-state index in [0.29, 0.717) is 5.41 Å². The number of hydrogen-bond donors (Lipinski definition) is 1. The van der Waals surface area contributed by atoms with E-state index in [1.165, 1.54) is 44.1 Å². The molecule has 1 atom stereocenters. The number of nitrogens with one attached hydrogen (secondary N) is 1.